The van der Waals surface area contributed by atoms with E-state index < -0.39 is 10.0 Å². The van der Waals surface area contributed by atoms with Crippen molar-refractivity contribution in [3.8, 4) is 0 Å². The van der Waals surface area contributed by atoms with Gasteiger partial charge in [-0.05, 0) is 32.2 Å². The lowest BCUT2D eigenvalue weighted by Gasteiger charge is -2.11. The first kappa shape index (κ1) is 13.4. The number of hydrogen-bond acceptors (Lipinski definition) is 3. The minimum Gasteiger partial charge on any atom is -0.316 e. The van der Waals surface area contributed by atoms with Gasteiger partial charge in [-0.2, -0.15) is 0 Å². The molecule has 0 saturated carbocycles. The molecule has 0 radical (unpaired) electrons. The number of rotatable bonds is 5. The Morgan fingerprint density at radius 1 is 1.44 bits per heavy atom. The van der Waals surface area contributed by atoms with Gasteiger partial charge in [-0.1, -0.05) is 17.7 Å². The van der Waals surface area contributed by atoms with E-state index in [9.17, 15) is 8.42 Å². The summed E-state index contributed by atoms with van der Waals surface area (Å²) >= 11 is 5.74. The molecule has 0 aliphatic rings. The second-order valence-corrected chi connectivity index (χ2v) is 5.70. The van der Waals surface area contributed by atoms with Crippen molar-refractivity contribution in [1.29, 1.82) is 0 Å². The second-order valence-electron chi connectivity index (χ2n) is 3.50. The molecule has 1 unspecified atom stereocenters. The molecule has 1 aromatic carbocycles. The number of halogens is 1. The molecule has 0 aliphatic carbocycles. The first-order valence-electron chi connectivity index (χ1n) is 4.88. The maximum absolute atomic E-state index is 11.8. The fraction of sp³-hybridized carbons (Fsp3) is 0.400. The lowest BCUT2D eigenvalue weighted by molar-refractivity contribution is 0.554. The smallest absolute Gasteiger partial charge is 0.240 e. The van der Waals surface area contributed by atoms with Gasteiger partial charge < -0.3 is 5.32 Å². The molecule has 1 atom stereocenters. The maximum Gasteiger partial charge on any atom is 0.240 e. The average Bonchev–Trinajstić information content (AvgIpc) is 2.26. The van der Waals surface area contributed by atoms with E-state index >= 15 is 0 Å². The van der Waals surface area contributed by atoms with E-state index in [1.807, 2.05) is 6.92 Å². The van der Waals surface area contributed by atoms with Crippen LogP contribution < -0.4 is 10.0 Å². The minimum absolute atomic E-state index is 0.0777. The van der Waals surface area contributed by atoms with Crippen LogP contribution in [0.1, 0.15) is 6.92 Å². The summed E-state index contributed by atoms with van der Waals surface area (Å²) in [6.45, 7) is 2.23. The number of benzene rings is 1. The highest BCUT2D eigenvalue weighted by Gasteiger charge is 2.14. The third-order valence-corrected chi connectivity index (χ3v) is 3.84. The normalized spacial score (nSPS) is 13.7. The van der Waals surface area contributed by atoms with Gasteiger partial charge in [0.15, 0.2) is 0 Å². The Balaban J connectivity index is 2.78. The van der Waals surface area contributed by atoms with Crippen molar-refractivity contribution in [3.05, 3.63) is 29.3 Å². The second kappa shape index (κ2) is 5.63. The number of hydrogen-bond donors (Lipinski definition) is 2. The van der Waals surface area contributed by atoms with Gasteiger partial charge in [0.1, 0.15) is 0 Å². The van der Waals surface area contributed by atoms with Gasteiger partial charge in [0, 0.05) is 17.6 Å². The van der Waals surface area contributed by atoms with Gasteiger partial charge in [-0.15, -0.1) is 0 Å². The quantitative estimate of drug-likeness (QED) is 0.839. The van der Waals surface area contributed by atoms with Gasteiger partial charge in [-0.25, -0.2) is 13.1 Å². The molecule has 0 spiro atoms. The molecule has 16 heavy (non-hydrogen) atoms. The Morgan fingerprint density at radius 3 is 2.69 bits per heavy atom. The van der Waals surface area contributed by atoms with E-state index in [4.69, 9.17) is 11.6 Å². The van der Waals surface area contributed by atoms with E-state index in [0.29, 0.717) is 11.6 Å². The molecule has 4 nitrogen and oxygen atoms in total. The largest absolute Gasteiger partial charge is 0.316 e. The number of likely N-dealkylation sites (N-methyl/N-ethyl adjacent to an activating group) is 1. The zero-order chi connectivity index (χ0) is 12.2. The predicted molar refractivity (Wildman–Crippen MR) is 65.2 cm³/mol. The molecule has 0 amide bonds. The Kier molecular flexibility index (Phi) is 4.73. The Labute approximate surface area is 101 Å². The first-order valence-corrected chi connectivity index (χ1v) is 6.74. The first-order chi connectivity index (χ1) is 7.45. The molecular weight excluding hydrogens is 248 g/mol. The highest BCUT2D eigenvalue weighted by atomic mass is 35.5. The van der Waals surface area contributed by atoms with Crippen molar-refractivity contribution in [2.75, 3.05) is 13.6 Å². The summed E-state index contributed by atoms with van der Waals surface area (Å²) in [4.78, 5) is 0.184. The highest BCUT2D eigenvalue weighted by molar-refractivity contribution is 7.89. The number of sulfonamides is 1. The lowest BCUT2D eigenvalue weighted by atomic mass is 10.4. The van der Waals surface area contributed by atoms with Crippen molar-refractivity contribution < 1.29 is 8.42 Å². The molecule has 0 saturated heterocycles. The predicted octanol–water partition coefficient (Wildman–Crippen LogP) is 1.23. The topological polar surface area (TPSA) is 58.2 Å². The van der Waals surface area contributed by atoms with E-state index in [-0.39, 0.29) is 10.9 Å². The zero-order valence-corrected chi connectivity index (χ0v) is 10.8. The fourth-order valence-corrected chi connectivity index (χ4v) is 2.49. The molecular formula is C10H15ClN2O2S. The SMILES string of the molecule is CNC(C)CNS(=O)(=O)c1cccc(Cl)c1. The van der Waals surface area contributed by atoms with Crippen LogP contribution in [0.25, 0.3) is 0 Å². The van der Waals surface area contributed by atoms with Crippen LogP contribution in [-0.4, -0.2) is 28.1 Å². The summed E-state index contributed by atoms with van der Waals surface area (Å²) in [5.74, 6) is 0. The van der Waals surface area contributed by atoms with Gasteiger partial charge in [0.2, 0.25) is 10.0 Å². The van der Waals surface area contributed by atoms with Gasteiger partial charge in [-0.3, -0.25) is 0 Å². The van der Waals surface area contributed by atoms with Crippen LogP contribution >= 0.6 is 11.6 Å². The lowest BCUT2D eigenvalue weighted by Crippen LogP contribution is -2.37. The van der Waals surface area contributed by atoms with E-state index in [1.165, 1.54) is 12.1 Å². The van der Waals surface area contributed by atoms with Crippen LogP contribution in [0, 0.1) is 0 Å². The van der Waals surface area contributed by atoms with Crippen molar-refractivity contribution >= 4 is 21.6 Å². The van der Waals surface area contributed by atoms with Crippen molar-refractivity contribution in [2.45, 2.75) is 17.9 Å². The Morgan fingerprint density at radius 2 is 2.12 bits per heavy atom. The van der Waals surface area contributed by atoms with Crippen LogP contribution in [0.3, 0.4) is 0 Å². The van der Waals surface area contributed by atoms with E-state index in [2.05, 4.69) is 10.0 Å². The van der Waals surface area contributed by atoms with Crippen molar-refractivity contribution in [2.24, 2.45) is 0 Å². The summed E-state index contributed by atoms with van der Waals surface area (Å²) in [7, 11) is -1.69. The monoisotopic (exact) mass is 262 g/mol. The van der Waals surface area contributed by atoms with Crippen molar-refractivity contribution in [1.82, 2.24) is 10.0 Å². The van der Waals surface area contributed by atoms with Crippen molar-refractivity contribution in [3.63, 3.8) is 0 Å². The van der Waals surface area contributed by atoms with Gasteiger partial charge in [0.05, 0.1) is 4.90 Å². The summed E-state index contributed by atoms with van der Waals surface area (Å²) < 4.78 is 26.1. The van der Waals surface area contributed by atoms with E-state index in [0.717, 1.165) is 0 Å². The molecule has 0 aromatic heterocycles. The molecule has 90 valence electrons. The third-order valence-electron chi connectivity index (χ3n) is 2.18. The van der Waals surface area contributed by atoms with Crippen LogP contribution in [0.2, 0.25) is 5.02 Å². The minimum atomic E-state index is -3.46. The van der Waals surface area contributed by atoms with Crippen LogP contribution in [0.15, 0.2) is 29.2 Å². The fourth-order valence-electron chi connectivity index (χ4n) is 1.05. The molecule has 1 rings (SSSR count). The molecule has 0 aliphatic heterocycles. The molecule has 1 aromatic rings. The van der Waals surface area contributed by atoms with Crippen LogP contribution in [-0.2, 0) is 10.0 Å². The molecule has 0 heterocycles. The average molecular weight is 263 g/mol. The summed E-state index contributed by atoms with van der Waals surface area (Å²) in [5, 5.41) is 3.35. The Hall–Kier alpha value is -0.620. The molecule has 2 N–H and O–H groups in total. The third kappa shape index (κ3) is 3.75. The summed E-state index contributed by atoms with van der Waals surface area (Å²) in [5.41, 5.74) is 0. The molecule has 6 heteroatoms. The zero-order valence-electron chi connectivity index (χ0n) is 9.20. The van der Waals surface area contributed by atoms with Gasteiger partial charge >= 0.3 is 0 Å². The van der Waals surface area contributed by atoms with E-state index in [1.54, 1.807) is 19.2 Å². The summed E-state index contributed by atoms with van der Waals surface area (Å²) in [6, 6.07) is 6.26. The standard InChI is InChI=1S/C10H15ClN2O2S/c1-8(12-2)7-13-16(14,15)10-5-3-4-9(11)6-10/h3-6,8,12-13H,7H2,1-2H3. The highest BCUT2D eigenvalue weighted by Crippen LogP contribution is 2.14. The summed E-state index contributed by atoms with van der Waals surface area (Å²) in [6.07, 6.45) is 0. The maximum atomic E-state index is 11.8. The molecule has 0 bridgehead atoms. The van der Waals surface area contributed by atoms with Crippen LogP contribution in [0.5, 0.6) is 0 Å². The van der Waals surface area contributed by atoms with Gasteiger partial charge in [0.25, 0.3) is 0 Å². The number of nitrogens with one attached hydrogen (secondary N) is 2. The van der Waals surface area contributed by atoms with Crippen LogP contribution in [0.4, 0.5) is 0 Å². The molecule has 0 fully saturated rings. The Bertz CT molecular complexity index is 448.